The summed E-state index contributed by atoms with van der Waals surface area (Å²) < 4.78 is 5.75. The lowest BCUT2D eigenvalue weighted by molar-refractivity contribution is -0.142. The van der Waals surface area contributed by atoms with Gasteiger partial charge < -0.3 is 25.4 Å². The summed E-state index contributed by atoms with van der Waals surface area (Å²) in [6.07, 6.45) is 4.80. The highest BCUT2D eigenvalue weighted by Crippen LogP contribution is 2.24. The van der Waals surface area contributed by atoms with Crippen molar-refractivity contribution in [2.75, 3.05) is 18.0 Å². The summed E-state index contributed by atoms with van der Waals surface area (Å²) in [6.45, 7) is 6.17. The van der Waals surface area contributed by atoms with Crippen LogP contribution in [0.3, 0.4) is 0 Å². The van der Waals surface area contributed by atoms with Crippen molar-refractivity contribution in [3.05, 3.63) is 23.9 Å². The third-order valence-electron chi connectivity index (χ3n) is 5.42. The second-order valence-electron chi connectivity index (χ2n) is 7.90. The number of urea groups is 1. The van der Waals surface area contributed by atoms with Crippen LogP contribution in [0.1, 0.15) is 45.1 Å². The fourth-order valence-corrected chi connectivity index (χ4v) is 3.98. The van der Waals surface area contributed by atoms with Gasteiger partial charge in [-0.2, -0.15) is 0 Å². The highest BCUT2D eigenvalue weighted by atomic mass is 16.5. The molecule has 154 valence electrons. The molecule has 2 unspecified atom stereocenters. The Morgan fingerprint density at radius 3 is 2.43 bits per heavy atom. The van der Waals surface area contributed by atoms with Gasteiger partial charge in [0.1, 0.15) is 5.82 Å². The molecule has 2 fully saturated rings. The lowest BCUT2D eigenvalue weighted by Gasteiger charge is -2.36. The van der Waals surface area contributed by atoms with E-state index in [-0.39, 0.29) is 30.2 Å². The van der Waals surface area contributed by atoms with E-state index in [1.54, 1.807) is 6.20 Å². The Morgan fingerprint density at radius 2 is 1.86 bits per heavy atom. The molecule has 2 heterocycles. The van der Waals surface area contributed by atoms with Crippen LogP contribution in [0, 0.1) is 5.92 Å². The predicted molar refractivity (Wildman–Crippen MR) is 105 cm³/mol. The van der Waals surface area contributed by atoms with Crippen LogP contribution in [-0.4, -0.2) is 53.4 Å². The highest BCUT2D eigenvalue weighted by Gasteiger charge is 2.26. The molecule has 3 N–H and O–H groups in total. The van der Waals surface area contributed by atoms with Crippen LogP contribution in [0.2, 0.25) is 0 Å². The van der Waals surface area contributed by atoms with Gasteiger partial charge in [0.2, 0.25) is 0 Å². The number of carbonyl (C=O) groups excluding carboxylic acids is 1. The molecule has 2 aliphatic rings. The number of rotatable bonds is 5. The van der Waals surface area contributed by atoms with E-state index in [4.69, 9.17) is 9.84 Å². The lowest BCUT2D eigenvalue weighted by atomic mass is 9.86. The summed E-state index contributed by atoms with van der Waals surface area (Å²) in [5.74, 6) is -0.0895. The summed E-state index contributed by atoms with van der Waals surface area (Å²) in [5, 5.41) is 14.8. The molecule has 1 saturated carbocycles. The zero-order chi connectivity index (χ0) is 20.1. The zero-order valence-corrected chi connectivity index (χ0v) is 16.6. The number of nitrogens with one attached hydrogen (secondary N) is 2. The monoisotopic (exact) mass is 390 g/mol. The first-order valence-electron chi connectivity index (χ1n) is 10.0. The average Bonchev–Trinajstić information content (AvgIpc) is 2.66. The van der Waals surface area contributed by atoms with E-state index < -0.39 is 5.97 Å². The Balaban J connectivity index is 1.42. The SMILES string of the molecule is CC1CN(c2ccc(CNC(=O)NC3CCC(C(=O)O)CC3)cn2)CC(C)O1. The molecule has 8 nitrogen and oxygen atoms in total. The van der Waals surface area contributed by atoms with Gasteiger partial charge in [-0.15, -0.1) is 0 Å². The summed E-state index contributed by atoms with van der Waals surface area (Å²) >= 11 is 0. The third kappa shape index (κ3) is 5.58. The van der Waals surface area contributed by atoms with E-state index in [0.29, 0.717) is 32.2 Å². The van der Waals surface area contributed by atoms with E-state index in [9.17, 15) is 9.59 Å². The quantitative estimate of drug-likeness (QED) is 0.712. The van der Waals surface area contributed by atoms with E-state index in [1.165, 1.54) is 0 Å². The second-order valence-corrected chi connectivity index (χ2v) is 7.90. The molecule has 3 rings (SSSR count). The van der Waals surface area contributed by atoms with Gasteiger partial charge >= 0.3 is 12.0 Å². The van der Waals surface area contributed by atoms with Crippen molar-refractivity contribution in [3.8, 4) is 0 Å². The molecule has 1 saturated heterocycles. The minimum atomic E-state index is -0.736. The maximum Gasteiger partial charge on any atom is 0.315 e. The first-order valence-corrected chi connectivity index (χ1v) is 10.0. The topological polar surface area (TPSA) is 104 Å². The van der Waals surface area contributed by atoms with E-state index in [0.717, 1.165) is 24.5 Å². The van der Waals surface area contributed by atoms with Gasteiger partial charge in [0.15, 0.2) is 0 Å². The Bertz CT molecular complexity index is 663. The largest absolute Gasteiger partial charge is 0.481 e. The lowest BCUT2D eigenvalue weighted by Crippen LogP contribution is -2.45. The number of pyridine rings is 1. The van der Waals surface area contributed by atoms with Crippen molar-refractivity contribution in [2.24, 2.45) is 5.92 Å². The first-order chi connectivity index (χ1) is 13.4. The Labute approximate surface area is 165 Å². The number of anilines is 1. The van der Waals surface area contributed by atoms with E-state index in [2.05, 4.69) is 34.4 Å². The molecule has 0 radical (unpaired) electrons. The number of hydrogen-bond acceptors (Lipinski definition) is 5. The van der Waals surface area contributed by atoms with Crippen molar-refractivity contribution in [3.63, 3.8) is 0 Å². The van der Waals surface area contributed by atoms with Crippen molar-refractivity contribution in [2.45, 2.75) is 64.3 Å². The van der Waals surface area contributed by atoms with Crippen molar-refractivity contribution < 1.29 is 19.4 Å². The van der Waals surface area contributed by atoms with Crippen LogP contribution in [0.4, 0.5) is 10.6 Å². The summed E-state index contributed by atoms with van der Waals surface area (Å²) in [4.78, 5) is 29.8. The van der Waals surface area contributed by atoms with Crippen LogP contribution in [0.5, 0.6) is 0 Å². The molecule has 8 heteroatoms. The number of ether oxygens (including phenoxy) is 1. The summed E-state index contributed by atoms with van der Waals surface area (Å²) in [6, 6.07) is 3.78. The summed E-state index contributed by atoms with van der Waals surface area (Å²) in [5.41, 5.74) is 0.933. The number of amides is 2. The predicted octanol–water partition coefficient (Wildman–Crippen LogP) is 2.14. The minimum absolute atomic E-state index is 0.0430. The molecule has 2 atom stereocenters. The maximum absolute atomic E-state index is 12.1. The minimum Gasteiger partial charge on any atom is -0.481 e. The van der Waals surface area contributed by atoms with Crippen molar-refractivity contribution in [1.82, 2.24) is 15.6 Å². The number of aromatic nitrogens is 1. The van der Waals surface area contributed by atoms with Gasteiger partial charge in [-0.05, 0) is 51.2 Å². The van der Waals surface area contributed by atoms with Crippen LogP contribution in [-0.2, 0) is 16.1 Å². The average molecular weight is 390 g/mol. The van der Waals surface area contributed by atoms with Gasteiger partial charge in [0, 0.05) is 31.9 Å². The Kier molecular flexibility index (Phi) is 6.72. The van der Waals surface area contributed by atoms with Crippen LogP contribution in [0.25, 0.3) is 0 Å². The first kappa shape index (κ1) is 20.4. The molecule has 0 spiro atoms. The third-order valence-corrected chi connectivity index (χ3v) is 5.42. The molecule has 2 amide bonds. The molecule has 0 aromatic carbocycles. The number of carboxylic acids is 1. The molecular formula is C20H30N4O4. The Morgan fingerprint density at radius 1 is 1.18 bits per heavy atom. The van der Waals surface area contributed by atoms with E-state index in [1.807, 2.05) is 12.1 Å². The van der Waals surface area contributed by atoms with Gasteiger partial charge in [-0.3, -0.25) is 4.79 Å². The molecule has 1 aliphatic heterocycles. The van der Waals surface area contributed by atoms with E-state index >= 15 is 0 Å². The zero-order valence-electron chi connectivity index (χ0n) is 16.6. The number of carboxylic acid groups (broad SMARTS) is 1. The van der Waals surface area contributed by atoms with Crippen LogP contribution >= 0.6 is 0 Å². The number of aliphatic carboxylic acids is 1. The van der Waals surface area contributed by atoms with Crippen molar-refractivity contribution >= 4 is 17.8 Å². The molecular weight excluding hydrogens is 360 g/mol. The van der Waals surface area contributed by atoms with Gasteiger partial charge in [-0.1, -0.05) is 6.07 Å². The molecule has 28 heavy (non-hydrogen) atoms. The number of morpholine rings is 1. The standard InChI is InChI=1S/C20H30N4O4/c1-13-11-24(12-14(2)28-13)18-8-3-15(9-21-18)10-22-20(27)23-17-6-4-16(5-7-17)19(25)26/h3,8-9,13-14,16-17H,4-7,10-12H2,1-2H3,(H,25,26)(H2,22,23,27). The second kappa shape index (κ2) is 9.23. The highest BCUT2D eigenvalue weighted by molar-refractivity contribution is 5.74. The number of nitrogens with zero attached hydrogens (tertiary/aromatic N) is 2. The maximum atomic E-state index is 12.1. The summed E-state index contributed by atoms with van der Waals surface area (Å²) in [7, 11) is 0. The fourth-order valence-electron chi connectivity index (χ4n) is 3.98. The molecule has 1 aliphatic carbocycles. The molecule has 1 aromatic rings. The van der Waals surface area contributed by atoms with Gasteiger partial charge in [0.25, 0.3) is 0 Å². The fraction of sp³-hybridized carbons (Fsp3) is 0.650. The van der Waals surface area contributed by atoms with Crippen LogP contribution < -0.4 is 15.5 Å². The van der Waals surface area contributed by atoms with Gasteiger partial charge in [-0.25, -0.2) is 9.78 Å². The Hall–Kier alpha value is -2.35. The molecule has 0 bridgehead atoms. The van der Waals surface area contributed by atoms with Crippen molar-refractivity contribution in [1.29, 1.82) is 0 Å². The van der Waals surface area contributed by atoms with Gasteiger partial charge in [0.05, 0.1) is 18.1 Å². The normalized spacial score (nSPS) is 27.9. The number of hydrogen-bond donors (Lipinski definition) is 3. The van der Waals surface area contributed by atoms with Crippen LogP contribution in [0.15, 0.2) is 18.3 Å². The molecule has 1 aromatic heterocycles. The number of carbonyl (C=O) groups is 2. The smallest absolute Gasteiger partial charge is 0.315 e.